The number of phenolic OH excluding ortho intramolecular Hbond substituents is 3. The molecule has 0 radical (unpaired) electrons. The quantitative estimate of drug-likeness (QED) is 0.444. The Balaban J connectivity index is 2.35. The van der Waals surface area contributed by atoms with Crippen LogP contribution in [0.4, 0.5) is 0 Å². The molecule has 17 heavy (non-hydrogen) atoms. The molecule has 0 spiro atoms. The Bertz CT molecular complexity index is 358. The summed E-state index contributed by atoms with van der Waals surface area (Å²) in [6.45, 7) is 3.49. The Morgan fingerprint density at radius 1 is 1.18 bits per heavy atom. The van der Waals surface area contributed by atoms with Gasteiger partial charge in [-0.25, -0.2) is 0 Å². The summed E-state index contributed by atoms with van der Waals surface area (Å²) in [5.74, 6) is 1.25. The fourth-order valence-electron chi connectivity index (χ4n) is 1.42. The normalized spacial score (nSPS) is 10.6. The van der Waals surface area contributed by atoms with Crippen LogP contribution in [0.1, 0.15) is 18.9 Å². The minimum atomic E-state index is -0.453. The third-order valence-corrected chi connectivity index (χ3v) is 3.36. The maximum Gasteiger partial charge on any atom is 0.200 e. The smallest absolute Gasteiger partial charge is 0.200 e. The predicted octanol–water partition coefficient (Wildman–Crippen LogP) is 2.04. The lowest BCUT2D eigenvalue weighted by atomic mass is 10.1. The van der Waals surface area contributed by atoms with Gasteiger partial charge in [-0.15, -0.1) is 0 Å². The number of aromatic hydroxyl groups is 3. The molecule has 0 saturated heterocycles. The number of nitrogens with one attached hydrogen (secondary N) is 1. The van der Waals surface area contributed by atoms with Gasteiger partial charge in [0.2, 0.25) is 5.75 Å². The Labute approximate surface area is 106 Å². The predicted molar refractivity (Wildman–Crippen MR) is 70.8 cm³/mol. The zero-order valence-corrected chi connectivity index (χ0v) is 10.8. The zero-order chi connectivity index (χ0) is 12.7. The third kappa shape index (κ3) is 4.36. The molecule has 0 aliphatic carbocycles. The molecule has 96 valence electrons. The first kappa shape index (κ1) is 14.0. The molecule has 0 heterocycles. The van der Waals surface area contributed by atoms with E-state index in [0.29, 0.717) is 12.1 Å². The van der Waals surface area contributed by atoms with Crippen LogP contribution in [0.5, 0.6) is 17.2 Å². The highest BCUT2D eigenvalue weighted by Crippen LogP contribution is 2.36. The molecule has 0 aliphatic rings. The van der Waals surface area contributed by atoms with Gasteiger partial charge in [-0.05, 0) is 30.5 Å². The van der Waals surface area contributed by atoms with Crippen LogP contribution >= 0.6 is 11.8 Å². The van der Waals surface area contributed by atoms with Gasteiger partial charge in [0.15, 0.2) is 11.5 Å². The van der Waals surface area contributed by atoms with Gasteiger partial charge in [-0.2, -0.15) is 11.8 Å². The molecule has 0 aliphatic heterocycles. The van der Waals surface area contributed by atoms with Crippen LogP contribution in [0.3, 0.4) is 0 Å². The maximum atomic E-state index is 9.57. The molecule has 0 aromatic heterocycles. The summed E-state index contributed by atoms with van der Waals surface area (Å²) < 4.78 is 0. The molecule has 1 aromatic carbocycles. The molecule has 0 fully saturated rings. The van der Waals surface area contributed by atoms with Gasteiger partial charge in [-0.3, -0.25) is 0 Å². The molecule has 0 saturated carbocycles. The standard InChI is InChI=1S/C12H19NO3S/c1-2-17-7-3-6-13-8-9-4-5-10(14)12(16)11(9)15/h4-5,13-16H,2-3,6-8H2,1H3. The number of hydrogen-bond donors (Lipinski definition) is 4. The van der Waals surface area contributed by atoms with E-state index in [2.05, 4.69) is 12.2 Å². The molecule has 0 amide bonds. The van der Waals surface area contributed by atoms with Crippen molar-refractivity contribution in [3.05, 3.63) is 17.7 Å². The number of rotatable bonds is 7. The molecule has 5 heteroatoms. The summed E-state index contributed by atoms with van der Waals surface area (Å²) in [6.07, 6.45) is 1.07. The SMILES string of the molecule is CCSCCCNCc1ccc(O)c(O)c1O. The summed E-state index contributed by atoms with van der Waals surface area (Å²) in [7, 11) is 0. The molecular formula is C12H19NO3S. The monoisotopic (exact) mass is 257 g/mol. The molecule has 1 rings (SSSR count). The van der Waals surface area contributed by atoms with Gasteiger partial charge in [0.1, 0.15) is 0 Å². The van der Waals surface area contributed by atoms with Crippen LogP contribution in [0.25, 0.3) is 0 Å². The molecule has 4 nitrogen and oxygen atoms in total. The molecule has 0 unspecified atom stereocenters. The fourth-order valence-corrected chi connectivity index (χ4v) is 2.06. The van der Waals surface area contributed by atoms with Gasteiger partial charge in [-0.1, -0.05) is 13.0 Å². The highest BCUT2D eigenvalue weighted by atomic mass is 32.2. The lowest BCUT2D eigenvalue weighted by Gasteiger charge is -2.08. The topological polar surface area (TPSA) is 72.7 Å². The maximum absolute atomic E-state index is 9.57. The Morgan fingerprint density at radius 2 is 1.94 bits per heavy atom. The van der Waals surface area contributed by atoms with Crippen LogP contribution < -0.4 is 5.32 Å². The third-order valence-electron chi connectivity index (χ3n) is 2.38. The lowest BCUT2D eigenvalue weighted by Crippen LogP contribution is -2.15. The van der Waals surface area contributed by atoms with Gasteiger partial charge in [0.05, 0.1) is 0 Å². The lowest BCUT2D eigenvalue weighted by molar-refractivity contribution is 0.364. The van der Waals surface area contributed by atoms with Gasteiger partial charge in [0.25, 0.3) is 0 Å². The number of benzene rings is 1. The number of hydrogen-bond acceptors (Lipinski definition) is 5. The van der Waals surface area contributed by atoms with E-state index >= 15 is 0 Å². The Kier molecular flexibility index (Phi) is 6.00. The van der Waals surface area contributed by atoms with Crippen LogP contribution in [0, 0.1) is 0 Å². The summed E-state index contributed by atoms with van der Waals surface area (Å²) in [5.41, 5.74) is 0.587. The summed E-state index contributed by atoms with van der Waals surface area (Å²) in [5, 5.41) is 31.2. The van der Waals surface area contributed by atoms with Crippen molar-refractivity contribution < 1.29 is 15.3 Å². The summed E-state index contributed by atoms with van der Waals surface area (Å²) >= 11 is 1.90. The van der Waals surface area contributed by atoms with E-state index in [1.165, 1.54) is 6.07 Å². The molecule has 1 aromatic rings. The number of phenols is 3. The van der Waals surface area contributed by atoms with Gasteiger partial charge in [0, 0.05) is 12.1 Å². The first-order valence-electron chi connectivity index (χ1n) is 5.68. The van der Waals surface area contributed by atoms with Crippen molar-refractivity contribution in [2.45, 2.75) is 19.9 Å². The average Bonchev–Trinajstić information content (AvgIpc) is 2.33. The van der Waals surface area contributed by atoms with E-state index < -0.39 is 5.75 Å². The van der Waals surface area contributed by atoms with Crippen molar-refractivity contribution in [3.63, 3.8) is 0 Å². The zero-order valence-electron chi connectivity index (χ0n) is 9.94. The van der Waals surface area contributed by atoms with Crippen molar-refractivity contribution >= 4 is 11.8 Å². The van der Waals surface area contributed by atoms with Crippen LogP contribution in [0.2, 0.25) is 0 Å². The minimum Gasteiger partial charge on any atom is -0.504 e. The van der Waals surface area contributed by atoms with Crippen LogP contribution in [-0.4, -0.2) is 33.4 Å². The highest BCUT2D eigenvalue weighted by Gasteiger charge is 2.09. The van der Waals surface area contributed by atoms with Crippen molar-refractivity contribution in [2.24, 2.45) is 0 Å². The molecular weight excluding hydrogens is 238 g/mol. The Hall–Kier alpha value is -1.07. The molecule has 4 N–H and O–H groups in total. The minimum absolute atomic E-state index is 0.250. The van der Waals surface area contributed by atoms with Gasteiger partial charge < -0.3 is 20.6 Å². The molecule has 0 atom stereocenters. The highest BCUT2D eigenvalue weighted by molar-refractivity contribution is 7.99. The van der Waals surface area contributed by atoms with E-state index in [0.717, 1.165) is 24.5 Å². The van der Waals surface area contributed by atoms with E-state index in [1.807, 2.05) is 11.8 Å². The second kappa shape index (κ2) is 7.29. The van der Waals surface area contributed by atoms with Crippen molar-refractivity contribution in [1.29, 1.82) is 0 Å². The number of thioether (sulfide) groups is 1. The van der Waals surface area contributed by atoms with E-state index in [9.17, 15) is 10.2 Å². The second-order valence-electron chi connectivity index (χ2n) is 3.67. The molecule has 0 bridgehead atoms. The van der Waals surface area contributed by atoms with Gasteiger partial charge >= 0.3 is 0 Å². The summed E-state index contributed by atoms with van der Waals surface area (Å²) in [6, 6.07) is 2.97. The van der Waals surface area contributed by atoms with Crippen LogP contribution in [0.15, 0.2) is 12.1 Å². The first-order chi connectivity index (χ1) is 8.16. The van der Waals surface area contributed by atoms with Crippen molar-refractivity contribution in [1.82, 2.24) is 5.32 Å². The van der Waals surface area contributed by atoms with Crippen LogP contribution in [-0.2, 0) is 6.54 Å². The Morgan fingerprint density at radius 3 is 2.65 bits per heavy atom. The summed E-state index contributed by atoms with van der Waals surface area (Å²) in [4.78, 5) is 0. The van der Waals surface area contributed by atoms with E-state index in [-0.39, 0.29) is 11.5 Å². The largest absolute Gasteiger partial charge is 0.504 e. The average molecular weight is 257 g/mol. The first-order valence-corrected chi connectivity index (χ1v) is 6.83. The van der Waals surface area contributed by atoms with Crippen molar-refractivity contribution in [3.8, 4) is 17.2 Å². The van der Waals surface area contributed by atoms with E-state index in [4.69, 9.17) is 5.11 Å². The fraction of sp³-hybridized carbons (Fsp3) is 0.500. The van der Waals surface area contributed by atoms with Crippen molar-refractivity contribution in [2.75, 3.05) is 18.1 Å². The second-order valence-corrected chi connectivity index (χ2v) is 5.06. The van der Waals surface area contributed by atoms with E-state index in [1.54, 1.807) is 6.07 Å².